The second-order valence-corrected chi connectivity index (χ2v) is 2.71. The van der Waals surface area contributed by atoms with Crippen LogP contribution in [-0.2, 0) is 4.79 Å². The van der Waals surface area contributed by atoms with E-state index in [-0.39, 0.29) is 11.4 Å². The second-order valence-electron chi connectivity index (χ2n) is 2.71. The maximum absolute atomic E-state index is 11.2. The second kappa shape index (κ2) is 4.43. The Morgan fingerprint density at radius 1 is 1.33 bits per heavy atom. The Labute approximate surface area is 85.5 Å². The number of carbonyl (C=O) groups is 2. The molecule has 0 heterocycles. The van der Waals surface area contributed by atoms with Crippen molar-refractivity contribution in [2.45, 2.75) is 0 Å². The molecular formula is C9H10N2O4. The van der Waals surface area contributed by atoms with E-state index in [9.17, 15) is 14.7 Å². The van der Waals surface area contributed by atoms with Gasteiger partial charge in [0.25, 0.3) is 5.91 Å². The summed E-state index contributed by atoms with van der Waals surface area (Å²) in [5, 5.41) is 18.0. The summed E-state index contributed by atoms with van der Waals surface area (Å²) in [6, 6.07) is 4.64. The predicted molar refractivity (Wildman–Crippen MR) is 52.3 cm³/mol. The van der Waals surface area contributed by atoms with Gasteiger partial charge in [0.05, 0.1) is 5.69 Å². The lowest BCUT2D eigenvalue weighted by Gasteiger charge is -2.18. The highest BCUT2D eigenvalue weighted by atomic mass is 16.3. The number of carbonyl (C=O) groups excluding carboxylic acids is 2. The monoisotopic (exact) mass is 210 g/mol. The van der Waals surface area contributed by atoms with E-state index in [1.165, 1.54) is 24.3 Å². The molecule has 15 heavy (non-hydrogen) atoms. The fourth-order valence-corrected chi connectivity index (χ4v) is 1.10. The summed E-state index contributed by atoms with van der Waals surface area (Å²) in [4.78, 5) is 22.6. The van der Waals surface area contributed by atoms with Crippen LogP contribution in [0.1, 0.15) is 0 Å². The summed E-state index contributed by atoms with van der Waals surface area (Å²) in [6.07, 6.45) is 0. The number of primary amides is 1. The molecule has 0 saturated heterocycles. The smallest absolute Gasteiger partial charge is 0.326 e. The molecule has 0 atom stereocenters. The first-order valence-electron chi connectivity index (χ1n) is 4.09. The zero-order valence-corrected chi connectivity index (χ0v) is 7.75. The van der Waals surface area contributed by atoms with E-state index in [2.05, 4.69) is 0 Å². The van der Waals surface area contributed by atoms with Crippen LogP contribution in [0.4, 0.5) is 10.5 Å². The number of phenols is 1. The van der Waals surface area contributed by atoms with Crippen LogP contribution in [0.2, 0.25) is 0 Å². The Morgan fingerprint density at radius 2 is 1.93 bits per heavy atom. The highest BCUT2D eigenvalue weighted by Crippen LogP contribution is 2.26. The first-order valence-corrected chi connectivity index (χ1v) is 4.09. The molecule has 0 aromatic heterocycles. The zero-order chi connectivity index (χ0) is 11.4. The quantitative estimate of drug-likeness (QED) is 0.628. The lowest BCUT2D eigenvalue weighted by atomic mass is 10.2. The number of aliphatic hydroxyl groups excluding tert-OH is 1. The van der Waals surface area contributed by atoms with Crippen LogP contribution in [0.3, 0.4) is 0 Å². The molecule has 0 fully saturated rings. The maximum Gasteiger partial charge on any atom is 0.326 e. The SMILES string of the molecule is NC(=O)N(C(=O)CO)c1ccccc1O. The fourth-order valence-electron chi connectivity index (χ4n) is 1.10. The standard InChI is InChI=1S/C9H10N2O4/c10-9(15)11(8(14)5-12)6-3-1-2-4-7(6)13/h1-4,12-13H,5H2,(H2,10,15). The van der Waals surface area contributed by atoms with E-state index in [0.717, 1.165) is 0 Å². The summed E-state index contributed by atoms with van der Waals surface area (Å²) in [5.41, 5.74) is 4.91. The number of para-hydroxylation sites is 2. The van der Waals surface area contributed by atoms with E-state index in [1.807, 2.05) is 0 Å². The van der Waals surface area contributed by atoms with Gasteiger partial charge in [0.15, 0.2) is 0 Å². The van der Waals surface area contributed by atoms with Gasteiger partial charge in [-0.1, -0.05) is 12.1 Å². The molecule has 80 valence electrons. The van der Waals surface area contributed by atoms with Crippen molar-refractivity contribution in [1.29, 1.82) is 0 Å². The molecule has 1 rings (SSSR count). The minimum atomic E-state index is -1.06. The molecule has 6 nitrogen and oxygen atoms in total. The number of rotatable bonds is 2. The Balaban J connectivity index is 3.16. The van der Waals surface area contributed by atoms with Gasteiger partial charge in [-0.15, -0.1) is 0 Å². The molecule has 0 unspecified atom stereocenters. The Kier molecular flexibility index (Phi) is 3.25. The van der Waals surface area contributed by atoms with Crippen LogP contribution in [0.5, 0.6) is 5.75 Å². The molecule has 6 heteroatoms. The number of urea groups is 1. The number of nitrogens with zero attached hydrogens (tertiary/aromatic N) is 1. The van der Waals surface area contributed by atoms with Crippen molar-refractivity contribution < 1.29 is 19.8 Å². The van der Waals surface area contributed by atoms with Gasteiger partial charge >= 0.3 is 6.03 Å². The van der Waals surface area contributed by atoms with Gasteiger partial charge in [-0.2, -0.15) is 0 Å². The topological polar surface area (TPSA) is 104 Å². The minimum absolute atomic E-state index is 0.0518. The van der Waals surface area contributed by atoms with Crippen molar-refractivity contribution >= 4 is 17.6 Å². The maximum atomic E-state index is 11.2. The summed E-state index contributed by atoms with van der Waals surface area (Å²) in [7, 11) is 0. The molecule has 0 saturated carbocycles. The number of aliphatic hydroxyl groups is 1. The molecule has 1 aromatic carbocycles. The molecule has 0 aliphatic carbocycles. The predicted octanol–water partition coefficient (Wildman–Crippen LogP) is -0.204. The number of nitrogens with two attached hydrogens (primary N) is 1. The van der Waals surface area contributed by atoms with Crippen molar-refractivity contribution in [3.63, 3.8) is 0 Å². The molecule has 0 bridgehead atoms. The van der Waals surface area contributed by atoms with Gasteiger partial charge in [0.1, 0.15) is 12.4 Å². The third-order valence-corrected chi connectivity index (χ3v) is 1.73. The Bertz CT molecular complexity index is 391. The highest BCUT2D eigenvalue weighted by Gasteiger charge is 2.22. The van der Waals surface area contributed by atoms with Crippen LogP contribution in [-0.4, -0.2) is 28.8 Å². The lowest BCUT2D eigenvalue weighted by molar-refractivity contribution is -0.120. The largest absolute Gasteiger partial charge is 0.506 e. The normalized spacial score (nSPS) is 9.67. The van der Waals surface area contributed by atoms with Gasteiger partial charge in [0.2, 0.25) is 0 Å². The third-order valence-electron chi connectivity index (χ3n) is 1.73. The van der Waals surface area contributed by atoms with Crippen molar-refractivity contribution in [2.75, 3.05) is 11.5 Å². The molecule has 1 aromatic rings. The average Bonchev–Trinajstić information content (AvgIpc) is 2.20. The van der Waals surface area contributed by atoms with Gasteiger partial charge in [0, 0.05) is 0 Å². The Morgan fingerprint density at radius 3 is 2.40 bits per heavy atom. The Hall–Kier alpha value is -2.08. The van der Waals surface area contributed by atoms with Crippen molar-refractivity contribution in [3.8, 4) is 5.75 Å². The molecule has 4 N–H and O–H groups in total. The first-order chi connectivity index (χ1) is 7.07. The van der Waals surface area contributed by atoms with Crippen LogP contribution >= 0.6 is 0 Å². The van der Waals surface area contributed by atoms with E-state index < -0.39 is 18.5 Å². The van der Waals surface area contributed by atoms with Crippen molar-refractivity contribution in [3.05, 3.63) is 24.3 Å². The fraction of sp³-hybridized carbons (Fsp3) is 0.111. The van der Waals surface area contributed by atoms with Crippen molar-refractivity contribution in [2.24, 2.45) is 5.73 Å². The number of hydrogen-bond acceptors (Lipinski definition) is 4. The summed E-state index contributed by atoms with van der Waals surface area (Å²) < 4.78 is 0. The average molecular weight is 210 g/mol. The first kappa shape index (κ1) is 11.0. The van der Waals surface area contributed by atoms with E-state index in [1.54, 1.807) is 0 Å². The third kappa shape index (κ3) is 2.23. The number of benzene rings is 1. The number of imide groups is 1. The molecule has 0 aliphatic rings. The molecule has 3 amide bonds. The van der Waals surface area contributed by atoms with E-state index in [4.69, 9.17) is 10.8 Å². The summed E-state index contributed by atoms with van der Waals surface area (Å²) in [5.74, 6) is -1.16. The van der Waals surface area contributed by atoms with Crippen molar-refractivity contribution in [1.82, 2.24) is 0 Å². The van der Waals surface area contributed by atoms with Crippen LogP contribution in [0, 0.1) is 0 Å². The van der Waals surface area contributed by atoms with Gasteiger partial charge in [-0.25, -0.2) is 9.69 Å². The number of hydrogen-bond donors (Lipinski definition) is 3. The number of anilines is 1. The highest BCUT2D eigenvalue weighted by molar-refractivity contribution is 6.14. The molecule has 0 spiro atoms. The summed E-state index contributed by atoms with van der Waals surface area (Å²) >= 11 is 0. The van der Waals surface area contributed by atoms with Gasteiger partial charge < -0.3 is 15.9 Å². The number of aromatic hydroxyl groups is 1. The molecular weight excluding hydrogens is 200 g/mol. The minimum Gasteiger partial charge on any atom is -0.506 e. The van der Waals surface area contributed by atoms with E-state index in [0.29, 0.717) is 4.90 Å². The van der Waals surface area contributed by atoms with Gasteiger partial charge in [-0.05, 0) is 12.1 Å². The van der Waals surface area contributed by atoms with Crippen LogP contribution in [0.15, 0.2) is 24.3 Å². The van der Waals surface area contributed by atoms with Gasteiger partial charge in [-0.3, -0.25) is 4.79 Å². The lowest BCUT2D eigenvalue weighted by Crippen LogP contribution is -2.42. The van der Waals surface area contributed by atoms with Crippen LogP contribution in [0.25, 0.3) is 0 Å². The number of phenolic OH excluding ortho intramolecular Hbond substituents is 1. The number of amides is 3. The van der Waals surface area contributed by atoms with Crippen LogP contribution < -0.4 is 10.6 Å². The molecule has 0 radical (unpaired) electrons. The van der Waals surface area contributed by atoms with E-state index >= 15 is 0 Å². The zero-order valence-electron chi connectivity index (χ0n) is 7.75. The molecule has 0 aliphatic heterocycles. The summed E-state index contributed by atoms with van der Waals surface area (Å²) in [6.45, 7) is -0.864.